The number of nitrogens with zero attached hydrogens (tertiary/aromatic N) is 2. The van der Waals surface area contributed by atoms with Crippen LogP contribution in [-0.2, 0) is 0 Å². The van der Waals surface area contributed by atoms with Gasteiger partial charge >= 0.3 is 0 Å². The van der Waals surface area contributed by atoms with Crippen molar-refractivity contribution in [3.63, 3.8) is 0 Å². The summed E-state index contributed by atoms with van der Waals surface area (Å²) >= 11 is 0. The van der Waals surface area contributed by atoms with Crippen molar-refractivity contribution >= 4 is 129 Å². The highest BCUT2D eigenvalue weighted by Gasteiger charge is 2.28. The van der Waals surface area contributed by atoms with Crippen LogP contribution in [-0.4, -0.2) is 0 Å². The Labute approximate surface area is 469 Å². The number of rotatable bonds is 11. The lowest BCUT2D eigenvalue weighted by molar-refractivity contribution is 0.602. The van der Waals surface area contributed by atoms with Gasteiger partial charge in [0, 0.05) is 55.1 Å². The van der Waals surface area contributed by atoms with Crippen molar-refractivity contribution in [2.45, 2.75) is 52.9 Å². The number of benzene rings is 13. The van der Waals surface area contributed by atoms with E-state index in [4.69, 9.17) is 0 Å². The molecule has 2 heteroatoms. The van der Waals surface area contributed by atoms with Crippen LogP contribution in [0.3, 0.4) is 0 Å². The van der Waals surface area contributed by atoms with Gasteiger partial charge in [0.25, 0.3) is 0 Å². The first-order valence-electron chi connectivity index (χ1n) is 28.5. The third-order valence-electron chi connectivity index (χ3n) is 16.7. The van der Waals surface area contributed by atoms with Crippen molar-refractivity contribution < 1.29 is 0 Å². The maximum absolute atomic E-state index is 2.50. The fourth-order valence-electron chi connectivity index (χ4n) is 12.7. The van der Waals surface area contributed by atoms with E-state index in [1.165, 1.54) is 141 Å². The number of fused-ring (bicyclic) bond motifs is 6. The van der Waals surface area contributed by atoms with E-state index in [-0.39, 0.29) is 0 Å². The molecule has 1 fully saturated rings. The topological polar surface area (TPSA) is 6.48 Å². The van der Waals surface area contributed by atoms with E-state index in [1.54, 1.807) is 5.57 Å². The third kappa shape index (κ3) is 8.97. The van der Waals surface area contributed by atoms with Crippen molar-refractivity contribution in [1.29, 1.82) is 0 Å². The maximum atomic E-state index is 2.50. The second kappa shape index (κ2) is 20.7. The van der Waals surface area contributed by atoms with Crippen LogP contribution < -0.4 is 9.80 Å². The summed E-state index contributed by atoms with van der Waals surface area (Å²) in [5, 5.41) is 14.9. The number of allylic oxidation sites excluding steroid dienone is 1. The summed E-state index contributed by atoms with van der Waals surface area (Å²) in [6.45, 7) is 6.47. The maximum Gasteiger partial charge on any atom is 0.0619 e. The molecule has 0 atom stereocenters. The summed E-state index contributed by atoms with van der Waals surface area (Å²) in [6.07, 6.45) is 17.8. The average molecular weight is 1030 g/mol. The van der Waals surface area contributed by atoms with Crippen LogP contribution in [0.15, 0.2) is 236 Å². The molecule has 13 aromatic rings. The molecule has 13 aromatic carbocycles. The third-order valence-corrected chi connectivity index (χ3v) is 16.7. The van der Waals surface area contributed by atoms with Crippen molar-refractivity contribution in [3.05, 3.63) is 281 Å². The predicted octanol–water partition coefficient (Wildman–Crippen LogP) is 22.6. The van der Waals surface area contributed by atoms with Crippen LogP contribution in [0, 0.1) is 20.8 Å². The van der Waals surface area contributed by atoms with Gasteiger partial charge in [-0.2, -0.15) is 0 Å². The molecular formula is C78H62N2. The molecule has 0 radical (unpaired) electrons. The Morgan fingerprint density at radius 1 is 0.263 bits per heavy atom. The standard InChI is InChI=1S/C78H62N2/c1-52-23-29-55(30-24-52)31-33-57-39-47-63(48-40-57)79(61-43-25-53(2)26-44-61)77-69-17-9-7-15-67(69)75-73-65(19-11-21-71(73)77)66-20-12-22-72-74(66)76(75)68-16-8-10-18-70(68)78(72)80(62-45-27-54(3)28-46-62)64-49-41-58(42-50-64)34-32-56-35-37-60(38-36-56)51-59-13-5-4-6-14-59/h7-12,15-51H,4-6,13-14H2,1-3H3. The Hall–Kier alpha value is -9.50. The van der Waals surface area contributed by atoms with Crippen molar-refractivity contribution in [2.75, 3.05) is 9.80 Å². The first-order valence-corrected chi connectivity index (χ1v) is 28.5. The van der Waals surface area contributed by atoms with Gasteiger partial charge in [-0.05, 0) is 155 Å². The number of aryl methyl sites for hydroxylation is 3. The van der Waals surface area contributed by atoms with Gasteiger partial charge in [0.2, 0.25) is 0 Å². The van der Waals surface area contributed by atoms with E-state index in [0.29, 0.717) is 0 Å². The molecule has 1 saturated carbocycles. The number of hydrogen-bond donors (Lipinski definition) is 0. The normalized spacial score (nSPS) is 13.1. The van der Waals surface area contributed by atoms with Crippen molar-refractivity contribution in [1.82, 2.24) is 0 Å². The van der Waals surface area contributed by atoms with Gasteiger partial charge in [0.05, 0.1) is 11.4 Å². The molecule has 14 rings (SSSR count). The molecule has 0 bridgehead atoms. The molecule has 0 spiro atoms. The van der Waals surface area contributed by atoms with Gasteiger partial charge in [-0.3, -0.25) is 0 Å². The second-order valence-electron chi connectivity index (χ2n) is 22.1. The molecule has 1 aliphatic rings. The van der Waals surface area contributed by atoms with Gasteiger partial charge in [0.15, 0.2) is 0 Å². The highest BCUT2D eigenvalue weighted by molar-refractivity contribution is 6.46. The molecule has 0 N–H and O–H groups in total. The molecule has 1 aliphatic carbocycles. The Bertz CT molecular complexity index is 4510. The SMILES string of the molecule is Cc1ccc(C=Cc2ccc(N(c3ccc(C)cc3)c3c4ccccc4c4c5c3cccc5c3cccc5c(N(c6ccc(C)cc6)c6ccc(C=Cc7ccc(C=C8CCCCC8)cc7)cc6)c6ccccc6c4c53)cc2)cc1. The summed E-state index contributed by atoms with van der Waals surface area (Å²) in [5.41, 5.74) is 18.1. The predicted molar refractivity (Wildman–Crippen MR) is 348 cm³/mol. The van der Waals surface area contributed by atoms with E-state index in [9.17, 15) is 0 Å². The molecule has 2 nitrogen and oxygen atoms in total. The highest BCUT2D eigenvalue weighted by Crippen LogP contribution is 2.55. The minimum atomic E-state index is 1.11. The quantitative estimate of drug-likeness (QED) is 0.0724. The molecule has 80 heavy (non-hydrogen) atoms. The van der Waals surface area contributed by atoms with Crippen LogP contribution in [0.1, 0.15) is 76.6 Å². The highest BCUT2D eigenvalue weighted by atomic mass is 15.2. The summed E-state index contributed by atoms with van der Waals surface area (Å²) in [6, 6.07) is 86.2. The van der Waals surface area contributed by atoms with Crippen LogP contribution in [0.25, 0.3) is 95.0 Å². The van der Waals surface area contributed by atoms with Gasteiger partial charge in [-0.25, -0.2) is 0 Å². The Kier molecular flexibility index (Phi) is 12.6. The summed E-state index contributed by atoms with van der Waals surface area (Å²) in [4.78, 5) is 4.99. The van der Waals surface area contributed by atoms with E-state index >= 15 is 0 Å². The van der Waals surface area contributed by atoms with E-state index < -0.39 is 0 Å². The van der Waals surface area contributed by atoms with Gasteiger partial charge in [-0.1, -0.05) is 241 Å². The summed E-state index contributed by atoms with van der Waals surface area (Å²) in [5.74, 6) is 0. The molecule has 0 heterocycles. The molecule has 384 valence electrons. The van der Waals surface area contributed by atoms with Crippen LogP contribution >= 0.6 is 0 Å². The lowest BCUT2D eigenvalue weighted by atomic mass is 9.83. The zero-order valence-electron chi connectivity index (χ0n) is 45.8. The van der Waals surface area contributed by atoms with Crippen LogP contribution in [0.5, 0.6) is 0 Å². The monoisotopic (exact) mass is 1030 g/mol. The van der Waals surface area contributed by atoms with Gasteiger partial charge < -0.3 is 9.80 Å². The van der Waals surface area contributed by atoms with Gasteiger partial charge in [0.1, 0.15) is 0 Å². The molecular weight excluding hydrogens is 965 g/mol. The molecule has 0 aromatic heterocycles. The lowest BCUT2D eigenvalue weighted by Gasteiger charge is -2.31. The van der Waals surface area contributed by atoms with E-state index in [1.807, 2.05) is 0 Å². The largest absolute Gasteiger partial charge is 0.309 e. The van der Waals surface area contributed by atoms with Crippen LogP contribution in [0.2, 0.25) is 0 Å². The Balaban J connectivity index is 0.946. The first kappa shape index (κ1) is 48.8. The number of hydrogen-bond acceptors (Lipinski definition) is 2. The molecule has 0 saturated heterocycles. The molecule has 0 aliphatic heterocycles. The Morgan fingerprint density at radius 2 is 0.550 bits per heavy atom. The average Bonchev–Trinajstić information content (AvgIpc) is 2.09. The van der Waals surface area contributed by atoms with Crippen molar-refractivity contribution in [3.8, 4) is 0 Å². The first-order chi connectivity index (χ1) is 39.4. The van der Waals surface area contributed by atoms with Crippen LogP contribution in [0.4, 0.5) is 34.1 Å². The zero-order chi connectivity index (χ0) is 53.7. The Morgan fingerprint density at radius 3 is 0.950 bits per heavy atom. The summed E-state index contributed by atoms with van der Waals surface area (Å²) in [7, 11) is 0. The second-order valence-corrected chi connectivity index (χ2v) is 22.1. The lowest BCUT2D eigenvalue weighted by Crippen LogP contribution is -2.12. The fraction of sp³-hybridized carbons (Fsp3) is 0.103. The summed E-state index contributed by atoms with van der Waals surface area (Å²) < 4.78 is 0. The minimum Gasteiger partial charge on any atom is -0.309 e. The van der Waals surface area contributed by atoms with E-state index in [2.05, 4.69) is 291 Å². The zero-order valence-corrected chi connectivity index (χ0v) is 45.8. The fourth-order valence-corrected chi connectivity index (χ4v) is 12.7. The van der Waals surface area contributed by atoms with E-state index in [0.717, 1.165) is 33.9 Å². The smallest absolute Gasteiger partial charge is 0.0619 e. The minimum absolute atomic E-state index is 1.11. The van der Waals surface area contributed by atoms with Gasteiger partial charge in [-0.15, -0.1) is 0 Å². The number of anilines is 6. The molecule has 0 unspecified atom stereocenters. The molecule has 0 amide bonds. The van der Waals surface area contributed by atoms with Crippen molar-refractivity contribution in [2.24, 2.45) is 0 Å².